The number of oxazole rings is 1. The molecule has 4 heterocycles. The Balaban J connectivity index is 0.00000353. The average molecular weight is 615 g/mol. The number of β-lactam (4-membered cyclic amide) rings is 1. The van der Waals surface area contributed by atoms with E-state index in [2.05, 4.69) is 10.3 Å². The maximum atomic E-state index is 13.0. The van der Waals surface area contributed by atoms with Gasteiger partial charge in [0.1, 0.15) is 22.7 Å². The van der Waals surface area contributed by atoms with Crippen molar-refractivity contribution in [1.82, 2.24) is 20.1 Å². The molecule has 3 amide bonds. The molecule has 0 spiro atoms. The Labute approximate surface area is 270 Å². The first-order valence-corrected chi connectivity index (χ1v) is 14.8. The number of nitrogens with zero attached hydrogens (tertiary/aromatic N) is 3. The molecule has 6 rings (SSSR count). The van der Waals surface area contributed by atoms with Crippen LogP contribution in [0.5, 0.6) is 5.75 Å². The maximum Gasteiger partial charge on any atom is 1.00 e. The zero-order valence-corrected chi connectivity index (χ0v) is 26.1. The second kappa shape index (κ2) is 12.6. The molecule has 11 nitrogen and oxygen atoms in total. The number of carboxylic acids is 1. The summed E-state index contributed by atoms with van der Waals surface area (Å²) in [7, 11) is 0. The number of thioether (sulfide) groups is 2. The summed E-state index contributed by atoms with van der Waals surface area (Å²) in [5.41, 5.74) is 2.64. The van der Waals surface area contributed by atoms with E-state index in [1.165, 1.54) is 11.8 Å². The van der Waals surface area contributed by atoms with Crippen molar-refractivity contribution >= 4 is 58.3 Å². The molecule has 0 bridgehead atoms. The van der Waals surface area contributed by atoms with Crippen LogP contribution >= 0.6 is 23.5 Å². The molecular formula is C28H23N4NaO7S2. The van der Waals surface area contributed by atoms with Crippen LogP contribution in [-0.2, 0) is 25.7 Å². The van der Waals surface area contributed by atoms with Crippen LogP contribution in [0.15, 0.2) is 81.1 Å². The van der Waals surface area contributed by atoms with Gasteiger partial charge in [0.2, 0.25) is 11.8 Å². The number of aromatic nitrogens is 1. The number of hydrogen-bond acceptors (Lipinski definition) is 10. The quantitative estimate of drug-likeness (QED) is 0.131. The van der Waals surface area contributed by atoms with Crippen molar-refractivity contribution in [2.24, 2.45) is 0 Å². The van der Waals surface area contributed by atoms with Gasteiger partial charge in [-0.05, 0) is 47.9 Å². The van der Waals surface area contributed by atoms with E-state index in [-0.39, 0.29) is 58.4 Å². The SMILES string of the molecule is O=C(CSc1nc2ccccc2o1)N[C@@H]1C(=O)N2C(C(=O)[O-])=C(/C=C3\CCN(Cc4ccc(O)cc4)C3=O)CS[C@H]12.[Na+]. The molecular weight excluding hydrogens is 591 g/mol. The van der Waals surface area contributed by atoms with Crippen molar-refractivity contribution < 1.29 is 63.4 Å². The summed E-state index contributed by atoms with van der Waals surface area (Å²) in [5.74, 6) is -2.35. The number of carbonyl (C=O) groups is 4. The summed E-state index contributed by atoms with van der Waals surface area (Å²) in [5, 5.41) is 24.0. The number of hydrogen-bond donors (Lipinski definition) is 2. The molecule has 210 valence electrons. The Bertz CT molecular complexity index is 1610. The van der Waals surface area contributed by atoms with Crippen molar-refractivity contribution in [3.63, 3.8) is 0 Å². The Hall–Kier alpha value is -3.23. The summed E-state index contributed by atoms with van der Waals surface area (Å²) in [4.78, 5) is 57.8. The van der Waals surface area contributed by atoms with Crippen LogP contribution in [0, 0.1) is 0 Å². The Morgan fingerprint density at radius 3 is 2.69 bits per heavy atom. The number of rotatable bonds is 8. The van der Waals surface area contributed by atoms with Crippen molar-refractivity contribution in [1.29, 1.82) is 0 Å². The van der Waals surface area contributed by atoms with E-state index in [1.54, 1.807) is 47.4 Å². The molecule has 0 radical (unpaired) electrons. The number of fused-ring (bicyclic) bond motifs is 2. The molecule has 42 heavy (non-hydrogen) atoms. The molecule has 2 atom stereocenters. The average Bonchev–Trinajstić information content (AvgIpc) is 3.54. The topological polar surface area (TPSA) is 156 Å². The summed E-state index contributed by atoms with van der Waals surface area (Å²) in [6, 6.07) is 12.9. The second-order valence-electron chi connectivity index (χ2n) is 9.67. The molecule has 2 fully saturated rings. The second-order valence-corrected chi connectivity index (χ2v) is 11.7. The molecule has 1 aromatic heterocycles. The van der Waals surface area contributed by atoms with Crippen LogP contribution in [0.25, 0.3) is 11.1 Å². The minimum atomic E-state index is -1.52. The Kier molecular flexibility index (Phi) is 9.04. The van der Waals surface area contributed by atoms with Gasteiger partial charge in [0.25, 0.3) is 11.1 Å². The molecule has 0 aliphatic carbocycles. The van der Waals surface area contributed by atoms with Crippen LogP contribution in [0.2, 0.25) is 0 Å². The van der Waals surface area contributed by atoms with Gasteiger partial charge in [0, 0.05) is 24.4 Å². The molecule has 2 N–H and O–H groups in total. The van der Waals surface area contributed by atoms with E-state index in [4.69, 9.17) is 4.42 Å². The zero-order valence-electron chi connectivity index (χ0n) is 22.4. The van der Waals surface area contributed by atoms with Crippen molar-refractivity contribution in [2.75, 3.05) is 18.1 Å². The number of aromatic hydroxyl groups is 1. The van der Waals surface area contributed by atoms with E-state index >= 15 is 0 Å². The van der Waals surface area contributed by atoms with Gasteiger partial charge < -0.3 is 29.6 Å². The van der Waals surface area contributed by atoms with Crippen molar-refractivity contribution in [2.45, 2.75) is 29.6 Å². The normalized spacial score (nSPS) is 20.9. The molecule has 3 aliphatic heterocycles. The number of benzene rings is 2. The molecule has 0 unspecified atom stereocenters. The van der Waals surface area contributed by atoms with E-state index < -0.39 is 29.2 Å². The molecule has 3 aliphatic rings. The van der Waals surface area contributed by atoms with Crippen LogP contribution in [0.1, 0.15) is 12.0 Å². The van der Waals surface area contributed by atoms with E-state index in [1.807, 2.05) is 12.1 Å². The fourth-order valence-electron chi connectivity index (χ4n) is 4.98. The number of phenolic OH excluding ortho intramolecular Hbond substituents is 1. The summed E-state index contributed by atoms with van der Waals surface area (Å²) in [6.45, 7) is 0.823. The minimum absolute atomic E-state index is 0. The fraction of sp³-hybridized carbons (Fsp3) is 0.250. The summed E-state index contributed by atoms with van der Waals surface area (Å²) < 4.78 is 5.60. The van der Waals surface area contributed by atoms with Crippen LogP contribution in [0.3, 0.4) is 0 Å². The van der Waals surface area contributed by atoms with Gasteiger partial charge in [0.05, 0.1) is 17.4 Å². The van der Waals surface area contributed by atoms with Gasteiger partial charge in [-0.2, -0.15) is 0 Å². The van der Waals surface area contributed by atoms with Crippen LogP contribution in [-0.4, -0.2) is 73.0 Å². The van der Waals surface area contributed by atoms with Gasteiger partial charge in [-0.1, -0.05) is 36.0 Å². The fourth-order valence-corrected chi connectivity index (χ4v) is 6.94. The third-order valence-corrected chi connectivity index (χ3v) is 9.11. The first kappa shape index (κ1) is 30.2. The van der Waals surface area contributed by atoms with Crippen LogP contribution in [0.4, 0.5) is 0 Å². The van der Waals surface area contributed by atoms with Crippen LogP contribution < -0.4 is 40.0 Å². The zero-order chi connectivity index (χ0) is 28.7. The van der Waals surface area contributed by atoms with Crippen molar-refractivity contribution in [3.8, 4) is 5.75 Å². The number of para-hydroxylation sites is 2. The van der Waals surface area contributed by atoms with Gasteiger partial charge in [-0.15, -0.1) is 11.8 Å². The monoisotopic (exact) mass is 614 g/mol. The predicted octanol–water partition coefficient (Wildman–Crippen LogP) is -1.61. The number of likely N-dealkylation sites (tertiary alicyclic amines) is 1. The number of phenols is 1. The number of aliphatic carboxylic acids is 1. The third kappa shape index (κ3) is 5.97. The van der Waals surface area contributed by atoms with E-state index in [0.717, 1.165) is 22.2 Å². The Morgan fingerprint density at radius 1 is 1.19 bits per heavy atom. The Morgan fingerprint density at radius 2 is 1.95 bits per heavy atom. The molecule has 0 saturated carbocycles. The standard InChI is InChI=1S/C28H24N4O7S2.Na/c33-18-7-5-15(6-8-18)12-31-10-9-16(24(31)35)11-17-13-40-26-22(25(36)32(26)23(17)27(37)38)30-21(34)14-41-28-29-19-3-1-2-4-20(19)39-28;/h1-8,11,22,26,33H,9-10,12-14H2,(H,30,34)(H,37,38);/q;+1/p-1/b16-11+;/t22-,26-;/m1./s1. The summed E-state index contributed by atoms with van der Waals surface area (Å²) >= 11 is 2.41. The summed E-state index contributed by atoms with van der Waals surface area (Å²) in [6.07, 6.45) is 1.98. The number of carboxylic acid groups (broad SMARTS) is 1. The van der Waals surface area contributed by atoms with E-state index in [0.29, 0.717) is 47.0 Å². The number of carbonyl (C=O) groups excluding carboxylic acids is 4. The van der Waals surface area contributed by atoms with Gasteiger partial charge in [0.15, 0.2) is 5.58 Å². The molecule has 14 heteroatoms. The van der Waals surface area contributed by atoms with Gasteiger partial charge >= 0.3 is 29.6 Å². The van der Waals surface area contributed by atoms with E-state index in [9.17, 15) is 29.4 Å². The van der Waals surface area contributed by atoms with Crippen molar-refractivity contribution in [3.05, 3.63) is 77.0 Å². The molecule has 2 saturated heterocycles. The van der Waals surface area contributed by atoms with Gasteiger partial charge in [-0.25, -0.2) is 4.98 Å². The maximum absolute atomic E-state index is 13.0. The smallest absolute Gasteiger partial charge is 0.543 e. The largest absolute Gasteiger partial charge is 1.00 e. The predicted molar refractivity (Wildman–Crippen MR) is 148 cm³/mol. The number of amides is 3. The third-order valence-electron chi connectivity index (χ3n) is 6.98. The minimum Gasteiger partial charge on any atom is -0.543 e. The van der Waals surface area contributed by atoms with Gasteiger partial charge in [-0.3, -0.25) is 19.3 Å². The molecule has 3 aromatic rings. The number of nitrogens with one attached hydrogen (secondary N) is 1. The molecule has 2 aromatic carbocycles. The first-order valence-electron chi connectivity index (χ1n) is 12.7. The first-order chi connectivity index (χ1) is 19.8. The number of allylic oxidation sites excluding steroid dienone is 1.